The Balaban J connectivity index is 3.89. The van der Waals surface area contributed by atoms with Crippen molar-refractivity contribution in [2.24, 2.45) is 0 Å². The van der Waals surface area contributed by atoms with Crippen LogP contribution in [0.1, 0.15) is 6.92 Å². The number of nitrogens with zero attached hydrogens (tertiary/aromatic N) is 1. The molecule has 0 aliphatic rings. The monoisotopic (exact) mass is 179 g/mol. The van der Waals surface area contributed by atoms with Gasteiger partial charge in [-0.2, -0.15) is 0 Å². The minimum atomic E-state index is -1.02. The van der Waals surface area contributed by atoms with E-state index in [1.807, 2.05) is 0 Å². The summed E-state index contributed by atoms with van der Waals surface area (Å²) in [5.41, 5.74) is 0. The average molecular weight is 179 g/mol. The molecule has 0 amide bonds. The highest BCUT2D eigenvalue weighted by Gasteiger charge is 2.18. The lowest BCUT2D eigenvalue weighted by atomic mass is 10.3. The van der Waals surface area contributed by atoms with Crippen molar-refractivity contribution in [1.82, 2.24) is 4.90 Å². The normalized spacial score (nSPS) is 16.5. The Labute approximate surface area is 71.9 Å². The Bertz CT molecular complexity index is 104. The zero-order chi connectivity index (χ0) is 9.56. The molecule has 0 fully saturated rings. The second-order valence-electron chi connectivity index (χ2n) is 2.64. The van der Waals surface area contributed by atoms with Crippen molar-refractivity contribution in [1.29, 1.82) is 0 Å². The van der Waals surface area contributed by atoms with Gasteiger partial charge in [-0.25, -0.2) is 0 Å². The first kappa shape index (κ1) is 11.8. The fourth-order valence-corrected chi connectivity index (χ4v) is 0.938. The van der Waals surface area contributed by atoms with Crippen molar-refractivity contribution < 1.29 is 20.4 Å². The first-order valence-electron chi connectivity index (χ1n) is 3.95. The van der Waals surface area contributed by atoms with E-state index in [0.717, 1.165) is 0 Å². The molecule has 0 spiro atoms. The van der Waals surface area contributed by atoms with Gasteiger partial charge in [-0.15, -0.1) is 0 Å². The summed E-state index contributed by atoms with van der Waals surface area (Å²) in [4.78, 5) is 1.41. The maximum absolute atomic E-state index is 9.30. The molecule has 0 radical (unpaired) electrons. The molecule has 4 N–H and O–H groups in total. The van der Waals surface area contributed by atoms with Gasteiger partial charge in [0.05, 0.1) is 19.3 Å². The molecular formula is C7H17NO4. The molecule has 12 heavy (non-hydrogen) atoms. The lowest BCUT2D eigenvalue weighted by Gasteiger charge is -2.28. The Kier molecular flexibility index (Phi) is 6.23. The van der Waals surface area contributed by atoms with Crippen molar-refractivity contribution in [3.63, 3.8) is 0 Å². The van der Waals surface area contributed by atoms with Crippen LogP contribution < -0.4 is 0 Å². The highest BCUT2D eigenvalue weighted by Crippen LogP contribution is 2.00. The van der Waals surface area contributed by atoms with Gasteiger partial charge >= 0.3 is 0 Å². The van der Waals surface area contributed by atoms with Crippen LogP contribution >= 0.6 is 0 Å². The van der Waals surface area contributed by atoms with Crippen molar-refractivity contribution >= 4 is 0 Å². The van der Waals surface area contributed by atoms with Gasteiger partial charge in [-0.3, -0.25) is 4.90 Å². The van der Waals surface area contributed by atoms with Crippen LogP contribution in [0, 0.1) is 0 Å². The van der Waals surface area contributed by atoms with Crippen molar-refractivity contribution in [2.75, 3.05) is 26.3 Å². The highest BCUT2D eigenvalue weighted by molar-refractivity contribution is 4.65. The van der Waals surface area contributed by atoms with Gasteiger partial charge in [-0.1, -0.05) is 0 Å². The number of rotatable bonds is 6. The minimum Gasteiger partial charge on any atom is -0.395 e. The molecule has 0 saturated carbocycles. The third kappa shape index (κ3) is 3.99. The second kappa shape index (κ2) is 6.33. The first-order chi connectivity index (χ1) is 5.63. The summed E-state index contributed by atoms with van der Waals surface area (Å²) in [6.45, 7) is 1.72. The summed E-state index contributed by atoms with van der Waals surface area (Å²) < 4.78 is 0. The summed E-state index contributed by atoms with van der Waals surface area (Å²) in [5, 5.41) is 35.4. The fourth-order valence-electron chi connectivity index (χ4n) is 0.938. The van der Waals surface area contributed by atoms with Crippen LogP contribution in [0.5, 0.6) is 0 Å². The van der Waals surface area contributed by atoms with E-state index in [4.69, 9.17) is 15.3 Å². The second-order valence-corrected chi connectivity index (χ2v) is 2.64. The van der Waals surface area contributed by atoms with E-state index in [1.165, 1.54) is 11.8 Å². The minimum absolute atomic E-state index is 0.107. The molecule has 0 aliphatic heterocycles. The molecule has 0 rings (SSSR count). The lowest BCUT2D eigenvalue weighted by molar-refractivity contribution is -0.0837. The summed E-state index contributed by atoms with van der Waals surface area (Å²) in [6.07, 6.45) is -1.91. The van der Waals surface area contributed by atoms with E-state index >= 15 is 0 Å². The zero-order valence-electron chi connectivity index (χ0n) is 7.22. The molecule has 74 valence electrons. The maximum atomic E-state index is 9.30. The SMILES string of the molecule is CC(O)C(O)N(CCO)CCO. The van der Waals surface area contributed by atoms with Crippen molar-refractivity contribution in [3.05, 3.63) is 0 Å². The fraction of sp³-hybridized carbons (Fsp3) is 1.00. The molecular weight excluding hydrogens is 162 g/mol. The standard InChI is InChI=1S/C7H17NO4/c1-6(11)7(12)8(2-4-9)3-5-10/h6-7,9-12H,2-5H2,1H3. The van der Waals surface area contributed by atoms with Crippen LogP contribution in [-0.4, -0.2) is 64.0 Å². The summed E-state index contributed by atoms with van der Waals surface area (Å²) in [7, 11) is 0. The molecule has 0 bridgehead atoms. The van der Waals surface area contributed by atoms with E-state index in [2.05, 4.69) is 0 Å². The summed E-state index contributed by atoms with van der Waals surface area (Å²) in [6, 6.07) is 0. The molecule has 0 aliphatic carbocycles. The number of hydrogen-bond acceptors (Lipinski definition) is 5. The smallest absolute Gasteiger partial charge is 0.133 e. The molecule has 5 nitrogen and oxygen atoms in total. The molecule has 0 saturated heterocycles. The van der Waals surface area contributed by atoms with Gasteiger partial charge in [0.25, 0.3) is 0 Å². The Morgan fingerprint density at radius 2 is 1.50 bits per heavy atom. The molecule has 2 atom stereocenters. The zero-order valence-corrected chi connectivity index (χ0v) is 7.22. The summed E-state index contributed by atoms with van der Waals surface area (Å²) >= 11 is 0. The van der Waals surface area contributed by atoms with Gasteiger partial charge in [0.1, 0.15) is 6.23 Å². The van der Waals surface area contributed by atoms with Crippen molar-refractivity contribution in [2.45, 2.75) is 19.3 Å². The van der Waals surface area contributed by atoms with E-state index in [9.17, 15) is 5.11 Å². The average Bonchev–Trinajstić information content (AvgIpc) is 2.03. The third-order valence-electron chi connectivity index (χ3n) is 1.58. The maximum Gasteiger partial charge on any atom is 0.133 e. The predicted octanol–water partition coefficient (Wildman–Crippen LogP) is -2.03. The van der Waals surface area contributed by atoms with Crippen LogP contribution in [0.2, 0.25) is 0 Å². The largest absolute Gasteiger partial charge is 0.395 e. The van der Waals surface area contributed by atoms with Crippen LogP contribution in [0.25, 0.3) is 0 Å². The highest BCUT2D eigenvalue weighted by atomic mass is 16.3. The molecule has 0 aromatic carbocycles. The van der Waals surface area contributed by atoms with Crippen LogP contribution in [0.4, 0.5) is 0 Å². The number of aliphatic hydroxyl groups is 4. The third-order valence-corrected chi connectivity index (χ3v) is 1.58. The van der Waals surface area contributed by atoms with Gasteiger partial charge in [0, 0.05) is 13.1 Å². The molecule has 0 aromatic rings. The van der Waals surface area contributed by atoms with Gasteiger partial charge in [0.2, 0.25) is 0 Å². The van der Waals surface area contributed by atoms with Crippen molar-refractivity contribution in [3.8, 4) is 0 Å². The van der Waals surface area contributed by atoms with E-state index in [-0.39, 0.29) is 26.3 Å². The topological polar surface area (TPSA) is 84.2 Å². The van der Waals surface area contributed by atoms with E-state index in [0.29, 0.717) is 0 Å². The Hall–Kier alpha value is -0.200. The Morgan fingerprint density at radius 1 is 1.08 bits per heavy atom. The van der Waals surface area contributed by atoms with Crippen LogP contribution in [-0.2, 0) is 0 Å². The molecule has 0 heterocycles. The molecule has 0 aromatic heterocycles. The van der Waals surface area contributed by atoms with E-state index < -0.39 is 12.3 Å². The number of aliphatic hydroxyl groups excluding tert-OH is 4. The first-order valence-corrected chi connectivity index (χ1v) is 3.95. The summed E-state index contributed by atoms with van der Waals surface area (Å²) in [5.74, 6) is 0. The molecule has 5 heteroatoms. The number of hydrogen-bond donors (Lipinski definition) is 4. The molecule has 2 unspecified atom stereocenters. The van der Waals surface area contributed by atoms with E-state index in [1.54, 1.807) is 0 Å². The van der Waals surface area contributed by atoms with Gasteiger partial charge < -0.3 is 20.4 Å². The van der Waals surface area contributed by atoms with Crippen LogP contribution in [0.3, 0.4) is 0 Å². The predicted molar refractivity (Wildman–Crippen MR) is 43.4 cm³/mol. The Morgan fingerprint density at radius 3 is 1.75 bits per heavy atom. The van der Waals surface area contributed by atoms with Gasteiger partial charge in [0.15, 0.2) is 0 Å². The van der Waals surface area contributed by atoms with Gasteiger partial charge in [-0.05, 0) is 6.92 Å². The van der Waals surface area contributed by atoms with Crippen LogP contribution in [0.15, 0.2) is 0 Å². The quantitative estimate of drug-likeness (QED) is 0.353. The lowest BCUT2D eigenvalue weighted by Crippen LogP contribution is -2.45.